The Morgan fingerprint density at radius 3 is 2.10 bits per heavy atom. The Bertz CT molecular complexity index is 4340. The van der Waals surface area contributed by atoms with Gasteiger partial charge in [0, 0.05) is 99.0 Å². The zero-order valence-electron chi connectivity index (χ0n) is 45.7. The molecule has 3 aromatic carbocycles. The minimum Gasteiger partial charge on any atom is -0.316 e. The molecule has 0 amide bonds. The molecule has 20 nitrogen and oxygen atoms in total. The van der Waals surface area contributed by atoms with Gasteiger partial charge < -0.3 is 9.13 Å². The van der Waals surface area contributed by atoms with Gasteiger partial charge in [-0.3, -0.25) is 14.3 Å². The molecule has 412 valence electrons. The Morgan fingerprint density at radius 2 is 1.40 bits per heavy atom. The molecule has 0 N–H and O–H groups in total. The van der Waals surface area contributed by atoms with Gasteiger partial charge in [-0.15, -0.1) is 10.2 Å². The number of benzene rings is 3. The van der Waals surface area contributed by atoms with Crippen LogP contribution >= 0.6 is 0 Å². The topological polar surface area (TPSA) is 216 Å². The van der Waals surface area contributed by atoms with Crippen molar-refractivity contribution in [2.24, 2.45) is 21.1 Å². The van der Waals surface area contributed by atoms with Gasteiger partial charge in [-0.25, -0.2) is 26.2 Å². The lowest BCUT2D eigenvalue weighted by Gasteiger charge is -2.38. The lowest BCUT2D eigenvalue weighted by Crippen LogP contribution is -2.38. The molecular formula is C58H62N14O6S2. The maximum absolute atomic E-state index is 14.9. The van der Waals surface area contributed by atoms with Crippen LogP contribution in [0.5, 0.6) is 0 Å². The van der Waals surface area contributed by atoms with E-state index in [-0.39, 0.29) is 59.8 Å². The van der Waals surface area contributed by atoms with E-state index in [0.29, 0.717) is 30.5 Å². The Morgan fingerprint density at radius 1 is 0.738 bits per heavy atom. The fraction of sp³-hybridized carbons (Fsp3) is 0.310. The van der Waals surface area contributed by atoms with Gasteiger partial charge in [-0.1, -0.05) is 73.4 Å². The smallest absolute Gasteiger partial charge is 0.264 e. The first-order valence-electron chi connectivity index (χ1n) is 26.4. The largest absolute Gasteiger partial charge is 0.316 e. The molecule has 2 aliphatic heterocycles. The summed E-state index contributed by atoms with van der Waals surface area (Å²) in [6, 6.07) is 23.2. The highest BCUT2D eigenvalue weighted by molar-refractivity contribution is 7.89. The van der Waals surface area contributed by atoms with Crippen LogP contribution in [0.15, 0.2) is 166 Å². The molecule has 0 radical (unpaired) electrons. The van der Waals surface area contributed by atoms with Crippen LogP contribution in [-0.4, -0.2) is 110 Å². The first kappa shape index (κ1) is 53.8. The number of allylic oxidation sites excluding steroid dienone is 5. The molecule has 0 aliphatic carbocycles. The number of sulfonamides is 2. The van der Waals surface area contributed by atoms with Crippen molar-refractivity contribution >= 4 is 41.9 Å². The van der Waals surface area contributed by atoms with E-state index in [1.165, 1.54) is 51.7 Å². The van der Waals surface area contributed by atoms with E-state index in [1.807, 2.05) is 61.0 Å². The van der Waals surface area contributed by atoms with Crippen molar-refractivity contribution in [1.29, 1.82) is 0 Å². The Balaban J connectivity index is 0.904. The van der Waals surface area contributed by atoms with Gasteiger partial charge in [0.1, 0.15) is 0 Å². The van der Waals surface area contributed by atoms with Gasteiger partial charge in [0.15, 0.2) is 0 Å². The van der Waals surface area contributed by atoms with E-state index in [1.54, 1.807) is 62.8 Å². The zero-order valence-corrected chi connectivity index (χ0v) is 47.3. The summed E-state index contributed by atoms with van der Waals surface area (Å²) in [7, 11) is -3.17. The monoisotopic (exact) mass is 1110 g/mol. The molecule has 6 aromatic heterocycles. The van der Waals surface area contributed by atoms with Crippen LogP contribution in [0.2, 0.25) is 0 Å². The lowest BCUT2D eigenvalue weighted by molar-refractivity contribution is 0.364. The SMILES string of the molecule is C=C/C=C(\C=C/C)CC1(c2cc3cnn(-c4cn(C)c(=O)cc4Cn4ncc(S(=O)(=O)N5CCC(c6cc7cnn(-c8ccc(=O)n(C)c8)c7cc6C)(C(C)c6ccccc6)C5)n4)c3cc2C)CCN(S(=O)(=O)c2cn(C)nn2)C1. The van der Waals surface area contributed by atoms with Crippen LogP contribution in [0.4, 0.5) is 0 Å². The highest BCUT2D eigenvalue weighted by atomic mass is 32.2. The lowest BCUT2D eigenvalue weighted by atomic mass is 9.66. The van der Waals surface area contributed by atoms with E-state index in [2.05, 4.69) is 71.3 Å². The van der Waals surface area contributed by atoms with Gasteiger partial charge in [-0.2, -0.15) is 28.7 Å². The Hall–Kier alpha value is -8.18. The summed E-state index contributed by atoms with van der Waals surface area (Å²) in [6.07, 6.45) is 18.9. The number of rotatable bonds is 16. The molecule has 3 unspecified atom stereocenters. The molecule has 0 saturated carbocycles. The van der Waals surface area contributed by atoms with Gasteiger partial charge in [0.05, 0.1) is 53.7 Å². The maximum atomic E-state index is 14.9. The van der Waals surface area contributed by atoms with Gasteiger partial charge in [0.2, 0.25) is 15.6 Å². The molecule has 8 heterocycles. The average Bonchev–Trinajstić information content (AvgIpc) is 4.49. The van der Waals surface area contributed by atoms with Crippen molar-refractivity contribution in [3.63, 3.8) is 0 Å². The molecule has 22 heteroatoms. The number of aryl methyl sites for hydroxylation is 5. The summed E-state index contributed by atoms with van der Waals surface area (Å²) in [5, 5.41) is 27.9. The van der Waals surface area contributed by atoms with E-state index >= 15 is 0 Å². The molecule has 2 aliphatic rings. The van der Waals surface area contributed by atoms with E-state index in [4.69, 9.17) is 10.2 Å². The summed E-state index contributed by atoms with van der Waals surface area (Å²) in [4.78, 5) is 26.9. The Labute approximate surface area is 463 Å². The highest BCUT2D eigenvalue weighted by Gasteiger charge is 2.50. The number of nitrogens with zero attached hydrogens (tertiary/aromatic N) is 14. The number of aromatic nitrogens is 12. The van der Waals surface area contributed by atoms with Crippen molar-refractivity contribution in [2.45, 2.75) is 80.3 Å². The quantitative estimate of drug-likeness (QED) is 0.0925. The fourth-order valence-electron chi connectivity index (χ4n) is 12.2. The zero-order chi connectivity index (χ0) is 56.5. The number of fused-ring (bicyclic) bond motifs is 2. The molecule has 9 aromatic rings. The first-order chi connectivity index (χ1) is 38.2. The number of hydrogen-bond donors (Lipinski definition) is 0. The normalized spacial score (nSPS) is 19.1. The average molecular weight is 1120 g/mol. The maximum Gasteiger partial charge on any atom is 0.264 e. The third-order valence-electron chi connectivity index (χ3n) is 16.4. The van der Waals surface area contributed by atoms with E-state index in [9.17, 15) is 26.4 Å². The van der Waals surface area contributed by atoms with Crippen LogP contribution in [0.1, 0.15) is 72.4 Å². The second-order valence-corrected chi connectivity index (χ2v) is 25.1. The van der Waals surface area contributed by atoms with Crippen LogP contribution < -0.4 is 11.1 Å². The third-order valence-corrected chi connectivity index (χ3v) is 19.8. The summed E-state index contributed by atoms with van der Waals surface area (Å²) in [6.45, 7) is 12.9. The fourth-order valence-corrected chi connectivity index (χ4v) is 15.0. The predicted molar refractivity (Wildman–Crippen MR) is 305 cm³/mol. The van der Waals surface area contributed by atoms with Gasteiger partial charge in [-0.05, 0) is 110 Å². The standard InChI is InChI=1S/C58H62N14O6S2/c1-9-14-42(15-10-2)29-57(20-22-68(37-57)80(77,78)54-36-67(8)64-62-54)48-26-44-31-61-72(51(44)24-39(48)3)52-35-66(7)56(74)28-46(52)33-70-59-32-53(63-70)79(75,76)69-23-21-58(38-69,41(5)43-16-12-11-13-17-43)49-27-45-30-60-71(50(45)25-40(49)4)47-18-19-55(73)65(6)34-47/h9-19,24-28,30-32,34-36,41H,1,20-23,29,33,37-38H2,2-8H3/b15-10-,42-14+. The van der Waals surface area contributed by atoms with Gasteiger partial charge in [0.25, 0.3) is 25.6 Å². The molecule has 2 fully saturated rings. The minimum absolute atomic E-state index is 0.0525. The van der Waals surface area contributed by atoms with Gasteiger partial charge >= 0.3 is 0 Å². The second kappa shape index (κ2) is 20.5. The van der Waals surface area contributed by atoms with E-state index in [0.717, 1.165) is 60.9 Å². The molecule has 3 atom stereocenters. The predicted octanol–water partition coefficient (Wildman–Crippen LogP) is 6.69. The number of hydrogen-bond acceptors (Lipinski definition) is 12. The number of pyridine rings is 2. The highest BCUT2D eigenvalue weighted by Crippen LogP contribution is 2.49. The summed E-state index contributed by atoms with van der Waals surface area (Å²) >= 11 is 0. The molecule has 2 saturated heterocycles. The van der Waals surface area contributed by atoms with Crippen molar-refractivity contribution in [3.8, 4) is 11.4 Å². The van der Waals surface area contributed by atoms with Crippen LogP contribution in [-0.2, 0) is 58.6 Å². The molecule has 80 heavy (non-hydrogen) atoms. The van der Waals surface area contributed by atoms with Crippen molar-refractivity contribution in [1.82, 2.24) is 67.3 Å². The van der Waals surface area contributed by atoms with Crippen LogP contribution in [0.3, 0.4) is 0 Å². The van der Waals surface area contributed by atoms with Crippen molar-refractivity contribution in [3.05, 3.63) is 201 Å². The first-order valence-corrected chi connectivity index (χ1v) is 29.2. The van der Waals surface area contributed by atoms with Crippen LogP contribution in [0.25, 0.3) is 33.2 Å². The molecular weight excluding hydrogens is 1050 g/mol. The van der Waals surface area contributed by atoms with Crippen molar-refractivity contribution in [2.75, 3.05) is 26.2 Å². The van der Waals surface area contributed by atoms with Crippen molar-refractivity contribution < 1.29 is 16.8 Å². The molecule has 11 rings (SSSR count). The second-order valence-electron chi connectivity index (χ2n) is 21.4. The van der Waals surface area contributed by atoms with E-state index < -0.39 is 30.9 Å². The van der Waals surface area contributed by atoms with Crippen LogP contribution in [0, 0.1) is 13.8 Å². The summed E-state index contributed by atoms with van der Waals surface area (Å²) < 4.78 is 68.7. The summed E-state index contributed by atoms with van der Waals surface area (Å²) in [5.74, 6) is -0.105. The molecule has 0 spiro atoms. The third kappa shape index (κ3) is 9.37. The Kier molecular flexibility index (Phi) is 13.8. The molecule has 0 bridgehead atoms. The summed E-state index contributed by atoms with van der Waals surface area (Å²) in [5.41, 5.74) is 7.67. The minimum atomic E-state index is -4.20.